The quantitative estimate of drug-likeness (QED) is 0.441. The second-order valence-electron chi connectivity index (χ2n) is 0.247. The van der Waals surface area contributed by atoms with E-state index in [0.717, 1.165) is 0 Å². The molecule has 0 heterocycles. The predicted molar refractivity (Wildman–Crippen MR) is 49.3 cm³/mol. The van der Waals surface area contributed by atoms with Gasteiger partial charge in [0.05, 0.1) is 0 Å². The number of rotatable bonds is 0. The molecule has 0 aromatic heterocycles. The molecule has 0 radical (unpaired) electrons. The summed E-state index contributed by atoms with van der Waals surface area (Å²) in [6.45, 7) is 0. The van der Waals surface area contributed by atoms with Crippen LogP contribution in [0.1, 0.15) is 0 Å². The van der Waals surface area contributed by atoms with Crippen molar-refractivity contribution in [3.63, 3.8) is 0 Å². The maximum absolute atomic E-state index is 2.53. The summed E-state index contributed by atoms with van der Waals surface area (Å²) in [5.41, 5.74) is 0. The fraction of sp³-hybridized carbons (Fsp3) is 0. The molecule has 4 N–H and O–H groups in total. The molecule has 0 aromatic rings. The summed E-state index contributed by atoms with van der Waals surface area (Å²) in [4.78, 5) is 0. The zero-order valence-corrected chi connectivity index (χ0v) is 12.0. The summed E-state index contributed by atoms with van der Waals surface area (Å²) >= 11 is 6.85. The molecule has 40 valence electrons. The van der Waals surface area contributed by atoms with Crippen molar-refractivity contribution in [3.05, 3.63) is 0 Å². The molecule has 0 amide bonds. The molecule has 2 nitrogen and oxygen atoms in total. The van der Waals surface area contributed by atoms with E-state index in [0.29, 0.717) is 0 Å². The third-order valence-electron chi connectivity index (χ3n) is 0. The van der Waals surface area contributed by atoms with E-state index >= 15 is 0 Å². The van der Waals surface area contributed by atoms with Crippen molar-refractivity contribution in [1.82, 2.24) is 0 Å². The van der Waals surface area contributed by atoms with Gasteiger partial charge in [-0.15, -0.1) is 0 Å². The Morgan fingerprint density at radius 1 is 0.833 bits per heavy atom. The maximum atomic E-state index is 2.53. The van der Waals surface area contributed by atoms with E-state index in [1.54, 1.807) is 0 Å². The van der Waals surface area contributed by atoms with Gasteiger partial charge in [-0.3, -0.25) is 0 Å². The Morgan fingerprint density at radius 3 is 0.833 bits per heavy atom. The summed E-state index contributed by atoms with van der Waals surface area (Å²) in [6.07, 6.45) is 0. The Hall–Kier alpha value is 3.21. The summed E-state index contributed by atoms with van der Waals surface area (Å²) in [5.74, 6) is 0. The Bertz CT molecular complexity index is 13.5. The zero-order chi connectivity index (χ0) is 3.58. The Kier molecular flexibility index (Phi) is 29.7. The fourth-order valence-electron chi connectivity index (χ4n) is 0. The van der Waals surface area contributed by atoms with Gasteiger partial charge in [0.15, 0.2) is 0 Å². The van der Waals surface area contributed by atoms with Gasteiger partial charge in [0.25, 0.3) is 0 Å². The van der Waals surface area contributed by atoms with E-state index in [2.05, 4.69) is 49.0 Å². The van der Waals surface area contributed by atoms with Crippen LogP contribution in [0.25, 0.3) is 0 Å². The molecule has 6 heavy (non-hydrogen) atoms. The van der Waals surface area contributed by atoms with E-state index < -0.39 is 13.1 Å². The molecule has 0 rings (SSSR count). The van der Waals surface area contributed by atoms with Gasteiger partial charge in [0.1, 0.15) is 0 Å². The van der Waals surface area contributed by atoms with E-state index in [1.807, 2.05) is 0 Å². The average Bonchev–Trinajstić information content (AvgIpc) is 0.811. The number of halogens is 3. The summed E-state index contributed by atoms with van der Waals surface area (Å²) in [5, 5.41) is 0. The molecule has 0 saturated heterocycles. The molecular formula is H4I3O2Y. The molecule has 6 heteroatoms. The van der Waals surface area contributed by atoms with Gasteiger partial charge in [-0.05, 0) is 0 Å². The van der Waals surface area contributed by atoms with Gasteiger partial charge in [0, 0.05) is 0 Å². The minimum absolute atomic E-state index is 0. The molecule has 0 fully saturated rings. The van der Waals surface area contributed by atoms with Crippen molar-refractivity contribution in [1.29, 1.82) is 0 Å². The van der Waals surface area contributed by atoms with E-state index in [1.165, 1.54) is 0 Å². The van der Waals surface area contributed by atoms with E-state index in [-0.39, 0.29) is 11.0 Å². The zero-order valence-electron chi connectivity index (χ0n) is 2.71. The predicted octanol–water partition coefficient (Wildman–Crippen LogP) is 1.01. The van der Waals surface area contributed by atoms with Gasteiger partial charge >= 0.3 is 62.1 Å². The van der Waals surface area contributed by atoms with Crippen LogP contribution in [0, 0.1) is 0 Å². The SMILES string of the molecule is O.O.[I][Y]([I])[I]. The van der Waals surface area contributed by atoms with Gasteiger partial charge < -0.3 is 11.0 Å². The molecule has 0 aliphatic heterocycles. The summed E-state index contributed by atoms with van der Waals surface area (Å²) < 4.78 is 0. The van der Waals surface area contributed by atoms with E-state index in [4.69, 9.17) is 0 Å². The molecular weight excluding hydrogens is 502 g/mol. The van der Waals surface area contributed by atoms with Crippen molar-refractivity contribution < 1.29 is 24.1 Å². The summed E-state index contributed by atoms with van der Waals surface area (Å²) in [6, 6.07) is 0. The standard InChI is InChI=1S/3HI.2H2O.Y/h3*1H;2*1H2;/q;;;;;+3/p-3. The van der Waals surface area contributed by atoms with Gasteiger partial charge in [-0.2, -0.15) is 0 Å². The van der Waals surface area contributed by atoms with E-state index in [9.17, 15) is 0 Å². The Morgan fingerprint density at radius 2 is 0.833 bits per heavy atom. The normalized spacial score (nSPS) is 4.50. The third-order valence-corrected chi connectivity index (χ3v) is 0. The average molecular weight is 506 g/mol. The first kappa shape index (κ1) is 16.1. The van der Waals surface area contributed by atoms with Crippen molar-refractivity contribution >= 4 is 49.0 Å². The monoisotopic (exact) mass is 506 g/mol. The molecule has 0 spiro atoms. The summed E-state index contributed by atoms with van der Waals surface area (Å²) in [7, 11) is 0. The van der Waals surface area contributed by atoms with Crippen molar-refractivity contribution in [2.75, 3.05) is 0 Å². The van der Waals surface area contributed by atoms with Crippen LogP contribution in [0.5, 0.6) is 0 Å². The van der Waals surface area contributed by atoms with Crippen LogP contribution in [-0.2, 0) is 13.1 Å². The molecule has 0 saturated carbocycles. The van der Waals surface area contributed by atoms with Gasteiger partial charge in [0.2, 0.25) is 0 Å². The molecule has 0 atom stereocenters. The molecule has 0 unspecified atom stereocenters. The van der Waals surface area contributed by atoms with Crippen LogP contribution >= 0.6 is 49.0 Å². The van der Waals surface area contributed by atoms with Crippen LogP contribution < -0.4 is 0 Å². The van der Waals surface area contributed by atoms with Crippen molar-refractivity contribution in [3.8, 4) is 0 Å². The first-order chi connectivity index (χ1) is 1.73. The minimum atomic E-state index is -0.727. The molecule has 0 aliphatic rings. The van der Waals surface area contributed by atoms with Crippen LogP contribution in [0.2, 0.25) is 0 Å². The molecule has 0 aromatic carbocycles. The Balaban J connectivity index is -0.0000000450. The first-order valence-electron chi connectivity index (χ1n) is 0.655. The van der Waals surface area contributed by atoms with Crippen LogP contribution in [0.15, 0.2) is 0 Å². The van der Waals surface area contributed by atoms with Crippen molar-refractivity contribution in [2.45, 2.75) is 0 Å². The van der Waals surface area contributed by atoms with Crippen molar-refractivity contribution in [2.24, 2.45) is 0 Å². The number of hydrogen-bond acceptors (Lipinski definition) is 0. The van der Waals surface area contributed by atoms with Gasteiger partial charge in [-0.1, -0.05) is 0 Å². The van der Waals surface area contributed by atoms with Crippen LogP contribution in [0.4, 0.5) is 0 Å². The van der Waals surface area contributed by atoms with Crippen LogP contribution in [0.3, 0.4) is 0 Å². The third kappa shape index (κ3) is 27.0. The van der Waals surface area contributed by atoms with Crippen LogP contribution in [-0.4, -0.2) is 11.0 Å². The fourth-order valence-corrected chi connectivity index (χ4v) is 0. The molecule has 0 bridgehead atoms. The number of hydrogen-bond donors (Lipinski definition) is 0. The second kappa shape index (κ2) is 11.1. The topological polar surface area (TPSA) is 63.0 Å². The van der Waals surface area contributed by atoms with Gasteiger partial charge in [-0.25, -0.2) is 0 Å². The Labute approximate surface area is 70.6 Å². The molecule has 0 aliphatic carbocycles. The first-order valence-corrected chi connectivity index (χ1v) is 26.0. The second-order valence-corrected chi connectivity index (χ2v) is 65.9.